The summed E-state index contributed by atoms with van der Waals surface area (Å²) in [6.07, 6.45) is 1.71. The predicted molar refractivity (Wildman–Crippen MR) is 104 cm³/mol. The quantitative estimate of drug-likeness (QED) is 0.846. The molecule has 1 aliphatic rings. The molecule has 1 aromatic carbocycles. The van der Waals surface area contributed by atoms with Crippen LogP contribution in [0.1, 0.15) is 29.8 Å². The summed E-state index contributed by atoms with van der Waals surface area (Å²) in [6, 6.07) is 13.3. The maximum Gasteiger partial charge on any atom is 0.256 e. The Morgan fingerprint density at radius 1 is 0.962 bits per heavy atom. The van der Waals surface area contributed by atoms with Gasteiger partial charge in [-0.15, -0.1) is 0 Å². The van der Waals surface area contributed by atoms with Crippen LogP contribution >= 0.6 is 12.2 Å². The molecule has 136 valence electrons. The van der Waals surface area contributed by atoms with Gasteiger partial charge < -0.3 is 14.8 Å². The number of amides is 2. The van der Waals surface area contributed by atoms with Crippen LogP contribution in [0.5, 0.6) is 0 Å². The summed E-state index contributed by atoms with van der Waals surface area (Å²) >= 11 is 5.20. The van der Waals surface area contributed by atoms with Gasteiger partial charge in [-0.1, -0.05) is 42.5 Å². The number of pyridine rings is 1. The number of aromatic amines is 1. The Morgan fingerprint density at radius 2 is 1.58 bits per heavy atom. The van der Waals surface area contributed by atoms with Gasteiger partial charge in [-0.25, -0.2) is 0 Å². The Balaban J connectivity index is 1.67. The van der Waals surface area contributed by atoms with Crippen molar-refractivity contribution in [2.24, 2.45) is 0 Å². The monoisotopic (exact) mass is 369 g/mol. The minimum absolute atomic E-state index is 0.0822. The van der Waals surface area contributed by atoms with Gasteiger partial charge >= 0.3 is 0 Å². The number of benzene rings is 1. The highest BCUT2D eigenvalue weighted by Crippen LogP contribution is 2.26. The van der Waals surface area contributed by atoms with Crippen LogP contribution in [-0.4, -0.2) is 52.8 Å². The van der Waals surface area contributed by atoms with E-state index in [4.69, 9.17) is 12.2 Å². The highest BCUT2D eigenvalue weighted by Gasteiger charge is 2.35. The molecule has 1 saturated heterocycles. The lowest BCUT2D eigenvalue weighted by molar-refractivity contribution is -0.137. The number of nitrogens with one attached hydrogen (secondary N) is 1. The van der Waals surface area contributed by atoms with Gasteiger partial charge in [0.2, 0.25) is 5.91 Å². The molecule has 3 rings (SSSR count). The number of carbonyl (C=O) groups excluding carboxylic acids is 2. The Morgan fingerprint density at radius 3 is 2.19 bits per heavy atom. The van der Waals surface area contributed by atoms with Crippen molar-refractivity contribution >= 4 is 24.0 Å². The molecular weight excluding hydrogens is 346 g/mol. The van der Waals surface area contributed by atoms with Gasteiger partial charge in [0, 0.05) is 32.4 Å². The fourth-order valence-electron chi connectivity index (χ4n) is 3.25. The molecule has 0 atom stereocenters. The first-order valence-corrected chi connectivity index (χ1v) is 9.14. The normalized spacial score (nSPS) is 15.0. The van der Waals surface area contributed by atoms with Crippen molar-refractivity contribution in [2.45, 2.75) is 19.3 Å². The molecule has 0 bridgehead atoms. The molecular formula is C20H23N3O2S. The van der Waals surface area contributed by atoms with Gasteiger partial charge in [-0.3, -0.25) is 9.59 Å². The Hall–Kier alpha value is -2.47. The molecule has 0 saturated carbocycles. The summed E-state index contributed by atoms with van der Waals surface area (Å²) in [5.41, 5.74) is 0.918. The van der Waals surface area contributed by atoms with Gasteiger partial charge in [0.1, 0.15) is 4.64 Å². The molecule has 0 spiro atoms. The topological polar surface area (TPSA) is 56.4 Å². The van der Waals surface area contributed by atoms with Crippen molar-refractivity contribution in [2.75, 3.05) is 26.2 Å². The first kappa shape index (κ1) is 18.3. The number of H-pyrrole nitrogens is 1. The van der Waals surface area contributed by atoms with Gasteiger partial charge in [-0.05, 0) is 31.5 Å². The Labute approximate surface area is 158 Å². The molecule has 1 fully saturated rings. The minimum Gasteiger partial charge on any atom is -0.352 e. The summed E-state index contributed by atoms with van der Waals surface area (Å²) in [5.74, 6) is 0.00840. The largest absolute Gasteiger partial charge is 0.352 e. The Bertz CT molecular complexity index is 853. The fraction of sp³-hybridized carbons (Fsp3) is 0.350. The molecule has 5 nitrogen and oxygen atoms in total. The van der Waals surface area contributed by atoms with Crippen LogP contribution in [0.3, 0.4) is 0 Å². The van der Waals surface area contributed by atoms with Crippen molar-refractivity contribution in [3.05, 3.63) is 64.4 Å². The first-order chi connectivity index (χ1) is 12.4. The number of carbonyl (C=O) groups is 2. The standard InChI is InChI=1S/C20H23N3O2S/c1-20(2,15-7-4-3-5-8-15)19(25)23-13-11-22(12-14-23)18(24)16-9-6-10-21-17(16)26/h3-10H,11-14H2,1-2H3,(H,21,26). The first-order valence-electron chi connectivity index (χ1n) is 8.73. The van der Waals surface area contributed by atoms with E-state index < -0.39 is 5.41 Å². The molecule has 1 aromatic heterocycles. The fourth-order valence-corrected chi connectivity index (χ4v) is 3.47. The lowest BCUT2D eigenvalue weighted by Gasteiger charge is -2.38. The van der Waals surface area contributed by atoms with E-state index in [1.54, 1.807) is 23.2 Å². The van der Waals surface area contributed by atoms with Crippen LogP contribution in [0, 0.1) is 4.64 Å². The predicted octanol–water partition coefficient (Wildman–Crippen LogP) is 3.01. The maximum absolute atomic E-state index is 13.0. The number of nitrogens with zero attached hydrogens (tertiary/aromatic N) is 2. The molecule has 2 amide bonds. The molecule has 2 heterocycles. The van der Waals surface area contributed by atoms with Crippen molar-refractivity contribution in [1.29, 1.82) is 0 Å². The smallest absolute Gasteiger partial charge is 0.256 e. The highest BCUT2D eigenvalue weighted by atomic mass is 32.1. The number of aromatic nitrogens is 1. The second-order valence-corrected chi connectivity index (χ2v) is 7.40. The van der Waals surface area contributed by atoms with Crippen molar-refractivity contribution < 1.29 is 9.59 Å². The van der Waals surface area contributed by atoms with Gasteiger partial charge in [0.25, 0.3) is 5.91 Å². The molecule has 0 aliphatic carbocycles. The summed E-state index contributed by atoms with van der Waals surface area (Å²) < 4.78 is 0.446. The molecule has 2 aromatic rings. The summed E-state index contributed by atoms with van der Waals surface area (Å²) in [4.78, 5) is 32.2. The second kappa shape index (κ2) is 7.41. The molecule has 6 heteroatoms. The highest BCUT2D eigenvalue weighted by molar-refractivity contribution is 7.71. The SMILES string of the molecule is CC(C)(C(=O)N1CCN(C(=O)c2ccc[nH]c2=S)CC1)c1ccccc1. The van der Waals surface area contributed by atoms with Crippen LogP contribution in [0.2, 0.25) is 0 Å². The van der Waals surface area contributed by atoms with Crippen molar-refractivity contribution in [3.8, 4) is 0 Å². The third kappa shape index (κ3) is 3.55. The zero-order chi connectivity index (χ0) is 18.7. The third-order valence-electron chi connectivity index (χ3n) is 4.93. The van der Waals surface area contributed by atoms with Crippen molar-refractivity contribution in [3.63, 3.8) is 0 Å². The zero-order valence-corrected chi connectivity index (χ0v) is 15.9. The summed E-state index contributed by atoms with van der Waals surface area (Å²) in [6.45, 7) is 5.99. The molecule has 1 N–H and O–H groups in total. The summed E-state index contributed by atoms with van der Waals surface area (Å²) in [7, 11) is 0. The molecule has 26 heavy (non-hydrogen) atoms. The average molecular weight is 369 g/mol. The molecule has 1 aliphatic heterocycles. The summed E-state index contributed by atoms with van der Waals surface area (Å²) in [5, 5.41) is 0. The van der Waals surface area contributed by atoms with E-state index in [0.29, 0.717) is 36.4 Å². The minimum atomic E-state index is -0.588. The average Bonchev–Trinajstić information content (AvgIpc) is 2.68. The van der Waals surface area contributed by atoms with Gasteiger partial charge in [-0.2, -0.15) is 0 Å². The van der Waals surface area contributed by atoms with Crippen LogP contribution in [0.25, 0.3) is 0 Å². The number of rotatable bonds is 3. The van der Waals surface area contributed by atoms with Crippen LogP contribution < -0.4 is 0 Å². The second-order valence-electron chi connectivity index (χ2n) is 6.99. The lowest BCUT2D eigenvalue weighted by Crippen LogP contribution is -2.54. The van der Waals surface area contributed by atoms with E-state index in [9.17, 15) is 9.59 Å². The molecule has 0 unspecified atom stereocenters. The van der Waals surface area contributed by atoms with E-state index in [0.717, 1.165) is 5.56 Å². The number of piperazine rings is 1. The number of hydrogen-bond acceptors (Lipinski definition) is 3. The zero-order valence-electron chi connectivity index (χ0n) is 15.1. The van der Waals surface area contributed by atoms with E-state index in [2.05, 4.69) is 4.98 Å². The lowest BCUT2D eigenvalue weighted by atomic mass is 9.83. The Kier molecular flexibility index (Phi) is 5.23. The maximum atomic E-state index is 13.0. The van der Waals surface area contributed by atoms with E-state index >= 15 is 0 Å². The van der Waals surface area contributed by atoms with E-state index in [1.807, 2.05) is 49.1 Å². The van der Waals surface area contributed by atoms with Crippen LogP contribution in [0.15, 0.2) is 48.7 Å². The third-order valence-corrected chi connectivity index (χ3v) is 5.27. The van der Waals surface area contributed by atoms with Crippen molar-refractivity contribution in [1.82, 2.24) is 14.8 Å². The molecule has 0 radical (unpaired) electrons. The van der Waals surface area contributed by atoms with E-state index in [1.165, 1.54) is 0 Å². The van der Waals surface area contributed by atoms with Crippen LogP contribution in [0.4, 0.5) is 0 Å². The van der Waals surface area contributed by atoms with Crippen LogP contribution in [-0.2, 0) is 10.2 Å². The van der Waals surface area contributed by atoms with Gasteiger partial charge in [0.15, 0.2) is 0 Å². The number of hydrogen-bond donors (Lipinski definition) is 1. The van der Waals surface area contributed by atoms with E-state index in [-0.39, 0.29) is 11.8 Å². The van der Waals surface area contributed by atoms with Gasteiger partial charge in [0.05, 0.1) is 11.0 Å².